The number of hydrogen-bond donors (Lipinski definition) is 1. The minimum absolute atomic E-state index is 0.0161. The summed E-state index contributed by atoms with van der Waals surface area (Å²) >= 11 is 0. The van der Waals surface area contributed by atoms with E-state index in [1.165, 1.54) is 11.1 Å². The monoisotopic (exact) mass is 403 g/mol. The summed E-state index contributed by atoms with van der Waals surface area (Å²) in [7, 11) is 5.36. The molecule has 2 aliphatic heterocycles. The minimum atomic E-state index is -0.519. The Bertz CT molecular complexity index is 1030. The molecule has 1 N–H and O–H groups in total. The van der Waals surface area contributed by atoms with Gasteiger partial charge in [-0.25, -0.2) is 9.40 Å². The summed E-state index contributed by atoms with van der Waals surface area (Å²) in [6.07, 6.45) is 1.56. The van der Waals surface area contributed by atoms with Crippen molar-refractivity contribution in [3.8, 4) is 5.75 Å². The van der Waals surface area contributed by atoms with Crippen molar-refractivity contribution in [2.45, 2.75) is 13.0 Å². The first-order valence-corrected chi connectivity index (χ1v) is 9.74. The van der Waals surface area contributed by atoms with E-state index in [-0.39, 0.29) is 17.0 Å². The van der Waals surface area contributed by atoms with Crippen molar-refractivity contribution in [2.24, 2.45) is 0 Å². The number of amides is 1. The van der Waals surface area contributed by atoms with Crippen LogP contribution in [0.2, 0.25) is 0 Å². The maximum atomic E-state index is 15.2. The molecular weight excluding hydrogens is 377 g/mol. The number of piperazine rings is 1. The van der Waals surface area contributed by atoms with Crippen LogP contribution in [-0.2, 0) is 0 Å². The zero-order valence-corrected chi connectivity index (χ0v) is 17.2. The van der Waals surface area contributed by atoms with E-state index in [1.54, 1.807) is 20.3 Å². The third-order valence-corrected chi connectivity index (χ3v) is 5.53. The zero-order valence-electron chi connectivity index (χ0n) is 17.2. The number of halogens is 1. The summed E-state index contributed by atoms with van der Waals surface area (Å²) in [4.78, 5) is 29.7. The highest BCUT2D eigenvalue weighted by Gasteiger charge is 2.31. The maximum absolute atomic E-state index is 15.2. The molecular formula is C20H26FN5O3. The normalized spacial score (nSPS) is 19.5. The summed E-state index contributed by atoms with van der Waals surface area (Å²) in [6.45, 7) is 5.29. The second-order valence-electron chi connectivity index (χ2n) is 8.00. The molecule has 0 radical (unpaired) electrons. The predicted octanol–water partition coefficient (Wildman–Crippen LogP) is 1.05. The van der Waals surface area contributed by atoms with Crippen molar-refractivity contribution in [1.82, 2.24) is 19.9 Å². The molecule has 1 amide bonds. The highest BCUT2D eigenvalue weighted by atomic mass is 19.1. The molecule has 0 spiro atoms. The molecule has 29 heavy (non-hydrogen) atoms. The average Bonchev–Trinajstić information content (AvgIpc) is 2.66. The first kappa shape index (κ1) is 19.7. The van der Waals surface area contributed by atoms with Gasteiger partial charge < -0.3 is 19.1 Å². The summed E-state index contributed by atoms with van der Waals surface area (Å²) < 4.78 is 23.0. The number of benzene rings is 1. The lowest BCUT2D eigenvalue weighted by Gasteiger charge is -2.37. The Morgan fingerprint density at radius 2 is 1.97 bits per heavy atom. The van der Waals surface area contributed by atoms with Gasteiger partial charge in [-0.2, -0.15) is 0 Å². The van der Waals surface area contributed by atoms with Crippen LogP contribution in [0.5, 0.6) is 5.75 Å². The van der Waals surface area contributed by atoms with Gasteiger partial charge in [0.1, 0.15) is 17.9 Å². The molecule has 1 aromatic carbocycles. The average molecular weight is 403 g/mol. The van der Waals surface area contributed by atoms with E-state index in [0.29, 0.717) is 36.6 Å². The number of carbonyl (C=O) groups excluding carboxylic acids is 1. The zero-order chi connectivity index (χ0) is 20.9. The number of nitrogens with one attached hydrogen (secondary N) is 1. The molecule has 0 bridgehead atoms. The third kappa shape index (κ3) is 3.34. The van der Waals surface area contributed by atoms with Crippen LogP contribution in [0.1, 0.15) is 23.3 Å². The molecule has 0 unspecified atom stereocenters. The van der Waals surface area contributed by atoms with E-state index in [4.69, 9.17) is 4.74 Å². The van der Waals surface area contributed by atoms with Crippen LogP contribution >= 0.6 is 0 Å². The fourth-order valence-corrected chi connectivity index (χ4v) is 3.96. The van der Waals surface area contributed by atoms with E-state index in [0.717, 1.165) is 13.1 Å². The van der Waals surface area contributed by atoms with Crippen molar-refractivity contribution < 1.29 is 13.9 Å². The number of carbonyl (C=O) groups is 1. The van der Waals surface area contributed by atoms with Crippen LogP contribution in [-0.4, -0.2) is 74.3 Å². The SMILES string of the molecule is C[C@H]1COc2c(N3CCN(C)CC3)c(F)cc3c(=O)c(C(=O)NN(C)C)cn1c23. The van der Waals surface area contributed by atoms with Crippen LogP contribution < -0.4 is 20.5 Å². The Morgan fingerprint density at radius 1 is 1.28 bits per heavy atom. The molecule has 1 fully saturated rings. The van der Waals surface area contributed by atoms with Crippen molar-refractivity contribution in [3.05, 3.63) is 33.9 Å². The molecule has 1 saturated heterocycles. The molecule has 9 heteroatoms. The Kier molecular flexibility index (Phi) is 4.95. The van der Waals surface area contributed by atoms with Gasteiger partial charge in [-0.15, -0.1) is 0 Å². The van der Waals surface area contributed by atoms with Gasteiger partial charge in [-0.1, -0.05) is 0 Å². The van der Waals surface area contributed by atoms with Crippen molar-refractivity contribution in [3.63, 3.8) is 0 Å². The Hall–Kier alpha value is -2.65. The first-order chi connectivity index (χ1) is 13.8. The number of ether oxygens (including phenoxy) is 1. The molecule has 8 nitrogen and oxygen atoms in total. The maximum Gasteiger partial charge on any atom is 0.271 e. The lowest BCUT2D eigenvalue weighted by Crippen LogP contribution is -2.45. The number of likely N-dealkylation sites (N-methyl/N-ethyl adjacent to an activating group) is 1. The van der Waals surface area contributed by atoms with Gasteiger partial charge in [0.25, 0.3) is 5.91 Å². The largest absolute Gasteiger partial charge is 0.487 e. The van der Waals surface area contributed by atoms with Crippen molar-refractivity contribution >= 4 is 22.5 Å². The highest BCUT2D eigenvalue weighted by molar-refractivity contribution is 5.99. The molecule has 1 aromatic heterocycles. The third-order valence-electron chi connectivity index (χ3n) is 5.53. The topological polar surface area (TPSA) is 70.1 Å². The second-order valence-corrected chi connectivity index (χ2v) is 8.00. The lowest BCUT2D eigenvalue weighted by molar-refractivity contribution is 0.0854. The van der Waals surface area contributed by atoms with Gasteiger partial charge >= 0.3 is 0 Å². The second kappa shape index (κ2) is 7.31. The Labute approximate surface area is 168 Å². The van der Waals surface area contributed by atoms with Gasteiger partial charge in [0.05, 0.1) is 16.9 Å². The molecule has 0 aliphatic carbocycles. The summed E-state index contributed by atoms with van der Waals surface area (Å²) in [5.74, 6) is -0.630. The predicted molar refractivity (Wildman–Crippen MR) is 109 cm³/mol. The Balaban J connectivity index is 1.93. The summed E-state index contributed by atoms with van der Waals surface area (Å²) in [5.41, 5.74) is 3.02. The number of anilines is 1. The van der Waals surface area contributed by atoms with Crippen LogP contribution in [0, 0.1) is 5.82 Å². The van der Waals surface area contributed by atoms with Gasteiger partial charge in [0.2, 0.25) is 5.43 Å². The smallest absolute Gasteiger partial charge is 0.271 e. The van der Waals surface area contributed by atoms with Crippen LogP contribution in [0.3, 0.4) is 0 Å². The van der Waals surface area contributed by atoms with E-state index in [1.807, 2.05) is 23.4 Å². The number of pyridine rings is 1. The number of hydrazine groups is 1. The number of hydrogen-bond acceptors (Lipinski definition) is 6. The molecule has 3 heterocycles. The van der Waals surface area contributed by atoms with E-state index in [2.05, 4.69) is 10.3 Å². The fourth-order valence-electron chi connectivity index (χ4n) is 3.96. The number of aromatic nitrogens is 1. The van der Waals surface area contributed by atoms with Crippen molar-refractivity contribution in [1.29, 1.82) is 0 Å². The summed E-state index contributed by atoms with van der Waals surface area (Å²) in [6, 6.07) is 1.15. The molecule has 1 atom stereocenters. The van der Waals surface area contributed by atoms with Crippen LogP contribution in [0.15, 0.2) is 17.1 Å². The van der Waals surface area contributed by atoms with Gasteiger partial charge in [0.15, 0.2) is 11.6 Å². The van der Waals surface area contributed by atoms with E-state index >= 15 is 4.39 Å². The molecule has 0 saturated carbocycles. The number of rotatable bonds is 3. The Morgan fingerprint density at radius 3 is 2.62 bits per heavy atom. The fraction of sp³-hybridized carbons (Fsp3) is 0.500. The summed E-state index contributed by atoms with van der Waals surface area (Å²) in [5, 5.41) is 1.63. The minimum Gasteiger partial charge on any atom is -0.487 e. The van der Waals surface area contributed by atoms with Gasteiger partial charge in [-0.3, -0.25) is 15.0 Å². The first-order valence-electron chi connectivity index (χ1n) is 9.74. The molecule has 2 aromatic rings. The van der Waals surface area contributed by atoms with Crippen LogP contribution in [0.25, 0.3) is 10.9 Å². The molecule has 156 valence electrons. The van der Waals surface area contributed by atoms with E-state index in [9.17, 15) is 9.59 Å². The quantitative estimate of drug-likeness (QED) is 0.773. The highest BCUT2D eigenvalue weighted by Crippen LogP contribution is 2.42. The van der Waals surface area contributed by atoms with Crippen LogP contribution in [0.4, 0.5) is 10.1 Å². The standard InChI is InChI=1S/C20H26FN5O3/c1-12-11-29-19-16-13(9-15(21)17(19)25-7-5-24(4)6-8-25)18(27)14(10-26(12)16)20(28)22-23(2)3/h9-10,12H,5-8,11H2,1-4H3,(H,22,28)/t12-/m0/s1. The van der Waals surface area contributed by atoms with Gasteiger partial charge in [-0.05, 0) is 20.0 Å². The molecule has 2 aliphatic rings. The van der Waals surface area contributed by atoms with Crippen molar-refractivity contribution in [2.75, 3.05) is 58.8 Å². The number of nitrogens with zero attached hydrogens (tertiary/aromatic N) is 4. The molecule has 4 rings (SSSR count). The van der Waals surface area contributed by atoms with E-state index < -0.39 is 17.2 Å². The lowest BCUT2D eigenvalue weighted by atomic mass is 10.0. The van der Waals surface area contributed by atoms with Gasteiger partial charge in [0, 0.05) is 46.5 Å².